The van der Waals surface area contributed by atoms with Crippen LogP contribution in [0.4, 0.5) is 0 Å². The molecule has 1 aromatic carbocycles. The Morgan fingerprint density at radius 3 is 2.06 bits per heavy atom. The molecular formula is C17H22O. The van der Waals surface area contributed by atoms with Crippen molar-refractivity contribution in [2.75, 3.05) is 0 Å². The van der Waals surface area contributed by atoms with Crippen LogP contribution in [-0.4, -0.2) is 5.78 Å². The van der Waals surface area contributed by atoms with Gasteiger partial charge in [-0.2, -0.15) is 0 Å². The molecule has 96 valence electrons. The Morgan fingerprint density at radius 2 is 1.56 bits per heavy atom. The second kappa shape index (κ2) is 10.3. The molecule has 0 N–H and O–H groups in total. The zero-order chi connectivity index (χ0) is 13.8. The van der Waals surface area contributed by atoms with Crippen molar-refractivity contribution < 1.29 is 4.79 Å². The summed E-state index contributed by atoms with van der Waals surface area (Å²) in [6.45, 7) is 7.91. The highest BCUT2D eigenvalue weighted by molar-refractivity contribution is 6.04. The molecule has 0 spiro atoms. The van der Waals surface area contributed by atoms with Gasteiger partial charge in [0.05, 0.1) is 0 Å². The van der Waals surface area contributed by atoms with E-state index in [1.807, 2.05) is 82.3 Å². The lowest BCUT2D eigenvalue weighted by molar-refractivity contribution is 0.104. The number of ketones is 1. The van der Waals surface area contributed by atoms with Gasteiger partial charge >= 0.3 is 0 Å². The van der Waals surface area contributed by atoms with Crippen LogP contribution >= 0.6 is 0 Å². The average Bonchev–Trinajstić information content (AvgIpc) is 2.46. The Hall–Kier alpha value is -1.89. The topological polar surface area (TPSA) is 17.1 Å². The van der Waals surface area contributed by atoms with Crippen molar-refractivity contribution in [1.82, 2.24) is 0 Å². The van der Waals surface area contributed by atoms with Crippen LogP contribution in [-0.2, 0) is 0 Å². The first kappa shape index (κ1) is 16.1. The molecule has 0 saturated heterocycles. The standard InChI is InChI=1S/C15H16O.C2H6/c1-3-8-13(4-2)11-12-15(16)14-9-6-5-7-10-14;1-2/h3-12H,1-2H3;1-2H3/b8-3-,12-11+,13-4+;. The van der Waals surface area contributed by atoms with E-state index in [4.69, 9.17) is 0 Å². The normalized spacial score (nSPS) is 11.4. The van der Waals surface area contributed by atoms with Crippen LogP contribution in [0.3, 0.4) is 0 Å². The number of carbonyl (C=O) groups is 1. The Labute approximate surface area is 111 Å². The van der Waals surface area contributed by atoms with Crippen molar-refractivity contribution in [2.24, 2.45) is 0 Å². The Morgan fingerprint density at radius 1 is 0.944 bits per heavy atom. The number of benzene rings is 1. The van der Waals surface area contributed by atoms with Crippen molar-refractivity contribution in [3.63, 3.8) is 0 Å². The lowest BCUT2D eigenvalue weighted by atomic mass is 10.1. The summed E-state index contributed by atoms with van der Waals surface area (Å²) in [5.41, 5.74) is 1.75. The predicted molar refractivity (Wildman–Crippen MR) is 79.8 cm³/mol. The van der Waals surface area contributed by atoms with Crippen LogP contribution in [0.15, 0.2) is 66.3 Å². The predicted octanol–water partition coefficient (Wildman–Crippen LogP) is 4.97. The smallest absolute Gasteiger partial charge is 0.185 e. The largest absolute Gasteiger partial charge is 0.289 e. The number of allylic oxidation sites excluding steroid dienone is 6. The highest BCUT2D eigenvalue weighted by Crippen LogP contribution is 2.04. The SMILES string of the molecule is CC.C\C=C/C(/C=C/C(=O)c1ccccc1)=C\C. The molecule has 0 aliphatic carbocycles. The van der Waals surface area contributed by atoms with Crippen LogP contribution < -0.4 is 0 Å². The highest BCUT2D eigenvalue weighted by atomic mass is 16.1. The van der Waals surface area contributed by atoms with E-state index in [0.29, 0.717) is 0 Å². The summed E-state index contributed by atoms with van der Waals surface area (Å²) in [6.07, 6.45) is 9.32. The third-order valence-corrected chi connectivity index (χ3v) is 2.18. The van der Waals surface area contributed by atoms with E-state index in [0.717, 1.165) is 11.1 Å². The summed E-state index contributed by atoms with van der Waals surface area (Å²) in [5.74, 6) is 0.0319. The van der Waals surface area contributed by atoms with Gasteiger partial charge in [0, 0.05) is 5.56 Å². The van der Waals surface area contributed by atoms with Gasteiger partial charge in [-0.25, -0.2) is 0 Å². The zero-order valence-corrected chi connectivity index (χ0v) is 11.7. The lowest BCUT2D eigenvalue weighted by Gasteiger charge is -1.94. The third kappa shape index (κ3) is 6.00. The average molecular weight is 242 g/mol. The molecule has 18 heavy (non-hydrogen) atoms. The van der Waals surface area contributed by atoms with Crippen LogP contribution in [0.25, 0.3) is 0 Å². The Kier molecular flexibility index (Phi) is 9.20. The summed E-state index contributed by atoms with van der Waals surface area (Å²) < 4.78 is 0. The first-order valence-electron chi connectivity index (χ1n) is 6.34. The molecular weight excluding hydrogens is 220 g/mol. The van der Waals surface area contributed by atoms with Gasteiger partial charge in [0.15, 0.2) is 5.78 Å². The molecule has 0 radical (unpaired) electrons. The van der Waals surface area contributed by atoms with Crippen LogP contribution in [0.5, 0.6) is 0 Å². The molecule has 1 nitrogen and oxygen atoms in total. The van der Waals surface area contributed by atoms with Crippen molar-refractivity contribution in [3.8, 4) is 0 Å². The summed E-state index contributed by atoms with van der Waals surface area (Å²) in [7, 11) is 0. The quantitative estimate of drug-likeness (QED) is 0.413. The summed E-state index contributed by atoms with van der Waals surface area (Å²) in [6, 6.07) is 9.26. The molecule has 1 heteroatoms. The zero-order valence-electron chi connectivity index (χ0n) is 11.7. The number of rotatable bonds is 4. The molecule has 0 aliphatic rings. The van der Waals surface area contributed by atoms with E-state index in [1.165, 1.54) is 0 Å². The molecule has 0 saturated carbocycles. The van der Waals surface area contributed by atoms with Crippen molar-refractivity contribution in [3.05, 3.63) is 71.8 Å². The fourth-order valence-electron chi connectivity index (χ4n) is 1.31. The number of hydrogen-bond donors (Lipinski definition) is 0. The van der Waals surface area contributed by atoms with Crippen LogP contribution in [0.2, 0.25) is 0 Å². The van der Waals surface area contributed by atoms with Gasteiger partial charge in [-0.1, -0.05) is 68.5 Å². The summed E-state index contributed by atoms with van der Waals surface area (Å²) in [4.78, 5) is 11.7. The minimum atomic E-state index is 0.0319. The van der Waals surface area contributed by atoms with E-state index in [2.05, 4.69) is 0 Å². The van der Waals surface area contributed by atoms with Crippen molar-refractivity contribution in [1.29, 1.82) is 0 Å². The summed E-state index contributed by atoms with van der Waals surface area (Å²) >= 11 is 0. The van der Waals surface area contributed by atoms with Gasteiger partial charge in [0.1, 0.15) is 0 Å². The second-order valence-electron chi connectivity index (χ2n) is 3.35. The molecule has 0 bridgehead atoms. The van der Waals surface area contributed by atoms with E-state index >= 15 is 0 Å². The lowest BCUT2D eigenvalue weighted by Crippen LogP contribution is -1.92. The van der Waals surface area contributed by atoms with E-state index in [-0.39, 0.29) is 5.78 Å². The first-order valence-corrected chi connectivity index (χ1v) is 6.34. The monoisotopic (exact) mass is 242 g/mol. The minimum absolute atomic E-state index is 0.0319. The molecule has 0 aromatic heterocycles. The van der Waals surface area contributed by atoms with Gasteiger partial charge in [-0.15, -0.1) is 0 Å². The van der Waals surface area contributed by atoms with Crippen LogP contribution in [0, 0.1) is 0 Å². The van der Waals surface area contributed by atoms with Gasteiger partial charge in [-0.3, -0.25) is 4.79 Å². The number of hydrogen-bond acceptors (Lipinski definition) is 1. The maximum absolute atomic E-state index is 11.7. The van der Waals surface area contributed by atoms with Gasteiger partial charge in [0.2, 0.25) is 0 Å². The fourth-order valence-corrected chi connectivity index (χ4v) is 1.31. The molecule has 1 rings (SSSR count). The second-order valence-corrected chi connectivity index (χ2v) is 3.35. The third-order valence-electron chi connectivity index (χ3n) is 2.18. The van der Waals surface area contributed by atoms with Crippen molar-refractivity contribution >= 4 is 5.78 Å². The molecule has 0 aliphatic heterocycles. The number of carbonyl (C=O) groups excluding carboxylic acids is 1. The molecule has 0 atom stereocenters. The van der Waals surface area contributed by atoms with E-state index in [9.17, 15) is 4.79 Å². The molecule has 0 fully saturated rings. The molecule has 0 unspecified atom stereocenters. The fraction of sp³-hybridized carbons (Fsp3) is 0.235. The first-order chi connectivity index (χ1) is 8.77. The van der Waals surface area contributed by atoms with Crippen LogP contribution in [0.1, 0.15) is 38.1 Å². The van der Waals surface area contributed by atoms with E-state index < -0.39 is 0 Å². The Bertz CT molecular complexity index is 422. The van der Waals surface area contributed by atoms with Crippen molar-refractivity contribution in [2.45, 2.75) is 27.7 Å². The van der Waals surface area contributed by atoms with Gasteiger partial charge in [-0.05, 0) is 25.5 Å². The minimum Gasteiger partial charge on any atom is -0.289 e. The van der Waals surface area contributed by atoms with E-state index in [1.54, 1.807) is 6.08 Å². The highest BCUT2D eigenvalue weighted by Gasteiger charge is 1.98. The summed E-state index contributed by atoms with van der Waals surface area (Å²) in [5, 5.41) is 0. The molecule has 0 heterocycles. The van der Waals surface area contributed by atoms with Gasteiger partial charge in [0.25, 0.3) is 0 Å². The van der Waals surface area contributed by atoms with Gasteiger partial charge < -0.3 is 0 Å². The Balaban J connectivity index is 0.00000137. The maximum atomic E-state index is 11.7. The maximum Gasteiger partial charge on any atom is 0.185 e. The molecule has 0 amide bonds. The molecule has 1 aromatic rings.